The smallest absolute Gasteiger partial charge is 0.261 e. The number of piperidine rings is 1. The lowest BCUT2D eigenvalue weighted by Crippen LogP contribution is -2.47. The van der Waals surface area contributed by atoms with Gasteiger partial charge < -0.3 is 5.32 Å². The second-order valence-corrected chi connectivity index (χ2v) is 9.11. The van der Waals surface area contributed by atoms with E-state index in [4.69, 9.17) is 0 Å². The van der Waals surface area contributed by atoms with Crippen molar-refractivity contribution in [3.8, 4) is 0 Å². The first-order chi connectivity index (χ1) is 13.0. The molecule has 2 heterocycles. The summed E-state index contributed by atoms with van der Waals surface area (Å²) in [6.07, 6.45) is 2.65. The molecule has 1 aromatic rings. The molecule has 156 valence electrons. The molecule has 0 unspecified atom stereocenters. The average molecular weight is 430 g/mol. The van der Waals surface area contributed by atoms with E-state index in [-0.39, 0.29) is 49.0 Å². The molecular weight excluding hydrogens is 402 g/mol. The molecule has 2 amide bonds. The van der Waals surface area contributed by atoms with Crippen LogP contribution in [-0.4, -0.2) is 67.4 Å². The van der Waals surface area contributed by atoms with E-state index < -0.39 is 10.0 Å². The summed E-state index contributed by atoms with van der Waals surface area (Å²) in [6.45, 7) is 4.27. The predicted octanol–water partition coefficient (Wildman–Crippen LogP) is 1.89. The molecule has 3 rings (SSSR count). The van der Waals surface area contributed by atoms with E-state index in [2.05, 4.69) is 5.32 Å². The van der Waals surface area contributed by atoms with Gasteiger partial charge in [0.2, 0.25) is 10.0 Å². The van der Waals surface area contributed by atoms with Crippen molar-refractivity contribution < 1.29 is 18.0 Å². The van der Waals surface area contributed by atoms with E-state index in [0.717, 1.165) is 37.3 Å². The fourth-order valence-corrected chi connectivity index (χ4v) is 5.68. The second kappa shape index (κ2) is 9.82. The van der Waals surface area contributed by atoms with Crippen LogP contribution in [0.15, 0.2) is 24.3 Å². The molecular formula is C19H28ClN3O4S. The van der Waals surface area contributed by atoms with Gasteiger partial charge in [0.05, 0.1) is 16.9 Å². The topological polar surface area (TPSA) is 86.8 Å². The van der Waals surface area contributed by atoms with Gasteiger partial charge in [-0.3, -0.25) is 14.5 Å². The highest BCUT2D eigenvalue weighted by Gasteiger charge is 2.35. The van der Waals surface area contributed by atoms with E-state index in [0.29, 0.717) is 17.7 Å². The van der Waals surface area contributed by atoms with E-state index >= 15 is 0 Å². The molecule has 0 aliphatic carbocycles. The standard InChI is InChI=1S/C19H27N3O4S.ClH/c1-2-12-22(15-8-10-20-11-9-15)27(25,26)14-5-13-21-18(23)16-6-3-4-7-17(16)19(21)24;/h3-4,6-7,15,20H,2,5,8-14H2,1H3;1H. The summed E-state index contributed by atoms with van der Waals surface area (Å²) in [5.41, 5.74) is 0.792. The van der Waals surface area contributed by atoms with Gasteiger partial charge in [-0.05, 0) is 50.9 Å². The van der Waals surface area contributed by atoms with Gasteiger partial charge in [0.1, 0.15) is 0 Å². The van der Waals surface area contributed by atoms with Crippen LogP contribution in [0.5, 0.6) is 0 Å². The first kappa shape index (κ1) is 22.8. The Morgan fingerprint density at radius 3 is 2.21 bits per heavy atom. The van der Waals surface area contributed by atoms with Crippen molar-refractivity contribution in [3.05, 3.63) is 35.4 Å². The van der Waals surface area contributed by atoms with Crippen molar-refractivity contribution in [1.82, 2.24) is 14.5 Å². The molecule has 1 fully saturated rings. The lowest BCUT2D eigenvalue weighted by atomic mass is 10.1. The summed E-state index contributed by atoms with van der Waals surface area (Å²) in [7, 11) is -3.42. The van der Waals surface area contributed by atoms with Crippen molar-refractivity contribution in [2.24, 2.45) is 0 Å². The van der Waals surface area contributed by atoms with Crippen LogP contribution in [0.3, 0.4) is 0 Å². The first-order valence-corrected chi connectivity index (χ1v) is 11.2. The molecule has 0 atom stereocenters. The van der Waals surface area contributed by atoms with E-state index in [9.17, 15) is 18.0 Å². The Labute approximate surface area is 172 Å². The third kappa shape index (κ3) is 4.74. The zero-order chi connectivity index (χ0) is 19.4. The quantitative estimate of drug-likeness (QED) is 0.637. The molecule has 0 spiro atoms. The minimum Gasteiger partial charge on any atom is -0.317 e. The number of halogens is 1. The first-order valence-electron chi connectivity index (χ1n) is 9.61. The van der Waals surface area contributed by atoms with Crippen LogP contribution in [0, 0.1) is 0 Å². The maximum atomic E-state index is 12.9. The van der Waals surface area contributed by atoms with Crippen LogP contribution >= 0.6 is 12.4 Å². The molecule has 9 heteroatoms. The predicted molar refractivity (Wildman–Crippen MR) is 110 cm³/mol. The number of benzene rings is 1. The van der Waals surface area contributed by atoms with Crippen molar-refractivity contribution in [3.63, 3.8) is 0 Å². The summed E-state index contributed by atoms with van der Waals surface area (Å²) in [5.74, 6) is -0.724. The van der Waals surface area contributed by atoms with Gasteiger partial charge in [-0.1, -0.05) is 19.1 Å². The van der Waals surface area contributed by atoms with Crippen LogP contribution in [0.25, 0.3) is 0 Å². The van der Waals surface area contributed by atoms with E-state index in [1.807, 2.05) is 6.92 Å². The Hall–Kier alpha value is -1.48. The van der Waals surface area contributed by atoms with Gasteiger partial charge in [-0.15, -0.1) is 12.4 Å². The monoisotopic (exact) mass is 429 g/mol. The fraction of sp³-hybridized carbons (Fsp3) is 0.579. The number of sulfonamides is 1. The van der Waals surface area contributed by atoms with Crippen LogP contribution in [0.2, 0.25) is 0 Å². The SMILES string of the molecule is CCCN(C1CCNCC1)S(=O)(=O)CCCN1C(=O)c2ccccc2C1=O.Cl. The van der Waals surface area contributed by atoms with E-state index in [1.165, 1.54) is 0 Å². The van der Waals surface area contributed by atoms with Gasteiger partial charge in [-0.25, -0.2) is 8.42 Å². The minimum absolute atomic E-state index is 0. The third-order valence-electron chi connectivity index (χ3n) is 5.18. The lowest BCUT2D eigenvalue weighted by molar-refractivity contribution is 0.0654. The van der Waals surface area contributed by atoms with Crippen LogP contribution in [-0.2, 0) is 10.0 Å². The van der Waals surface area contributed by atoms with Crippen molar-refractivity contribution in [1.29, 1.82) is 0 Å². The summed E-state index contributed by atoms with van der Waals surface area (Å²) >= 11 is 0. The van der Waals surface area contributed by atoms with Crippen molar-refractivity contribution >= 4 is 34.2 Å². The van der Waals surface area contributed by atoms with Crippen molar-refractivity contribution in [2.75, 3.05) is 31.9 Å². The molecule has 2 aliphatic rings. The zero-order valence-corrected chi connectivity index (χ0v) is 17.7. The Morgan fingerprint density at radius 2 is 1.68 bits per heavy atom. The number of carbonyl (C=O) groups is 2. The van der Waals surface area contributed by atoms with Crippen molar-refractivity contribution in [2.45, 2.75) is 38.6 Å². The highest BCUT2D eigenvalue weighted by molar-refractivity contribution is 7.89. The van der Waals surface area contributed by atoms with Crippen LogP contribution < -0.4 is 5.32 Å². The molecule has 0 bridgehead atoms. The summed E-state index contributed by atoms with van der Waals surface area (Å²) < 4.78 is 27.4. The number of carbonyl (C=O) groups excluding carboxylic acids is 2. The number of nitrogens with one attached hydrogen (secondary N) is 1. The molecule has 1 aromatic carbocycles. The maximum Gasteiger partial charge on any atom is 0.261 e. The fourth-order valence-electron chi connectivity index (χ4n) is 3.83. The number of hydrogen-bond acceptors (Lipinski definition) is 5. The summed E-state index contributed by atoms with van der Waals surface area (Å²) in [5, 5.41) is 3.26. The van der Waals surface area contributed by atoms with Gasteiger partial charge in [0.15, 0.2) is 0 Å². The molecule has 0 saturated carbocycles. The molecule has 28 heavy (non-hydrogen) atoms. The summed E-state index contributed by atoms with van der Waals surface area (Å²) in [6, 6.07) is 6.74. The minimum atomic E-state index is -3.42. The number of amides is 2. The van der Waals surface area contributed by atoms with Crippen LogP contribution in [0.1, 0.15) is 53.3 Å². The lowest BCUT2D eigenvalue weighted by Gasteiger charge is -2.33. The van der Waals surface area contributed by atoms with E-state index in [1.54, 1.807) is 28.6 Å². The largest absolute Gasteiger partial charge is 0.317 e. The zero-order valence-electron chi connectivity index (χ0n) is 16.1. The normalized spacial score (nSPS) is 17.7. The number of hydrogen-bond donors (Lipinski definition) is 1. The maximum absolute atomic E-state index is 12.9. The number of rotatable bonds is 8. The van der Waals surface area contributed by atoms with Gasteiger partial charge in [0.25, 0.3) is 11.8 Å². The Balaban J connectivity index is 0.00000280. The average Bonchev–Trinajstić information content (AvgIpc) is 2.92. The highest BCUT2D eigenvalue weighted by Crippen LogP contribution is 2.23. The Bertz CT molecular complexity index is 774. The van der Waals surface area contributed by atoms with Gasteiger partial charge in [0, 0.05) is 19.1 Å². The molecule has 1 saturated heterocycles. The molecule has 2 aliphatic heterocycles. The van der Waals surface area contributed by atoms with Gasteiger partial charge >= 0.3 is 0 Å². The highest BCUT2D eigenvalue weighted by atomic mass is 35.5. The molecule has 0 aromatic heterocycles. The third-order valence-corrected chi connectivity index (χ3v) is 7.18. The molecule has 1 N–H and O–H groups in total. The summed E-state index contributed by atoms with van der Waals surface area (Å²) in [4.78, 5) is 25.9. The van der Waals surface area contributed by atoms with Gasteiger partial charge in [-0.2, -0.15) is 4.31 Å². The number of imide groups is 1. The Kier molecular flexibility index (Phi) is 8.00. The Morgan fingerprint density at radius 1 is 1.11 bits per heavy atom. The number of fused-ring (bicyclic) bond motifs is 1. The number of nitrogens with zero attached hydrogens (tertiary/aromatic N) is 2. The molecule has 7 nitrogen and oxygen atoms in total. The molecule has 0 radical (unpaired) electrons. The van der Waals surface area contributed by atoms with Crippen LogP contribution in [0.4, 0.5) is 0 Å². The second-order valence-electron chi connectivity index (χ2n) is 7.07.